The minimum absolute atomic E-state index is 0.0693. The van der Waals surface area contributed by atoms with Crippen molar-refractivity contribution >= 4 is 11.9 Å². The summed E-state index contributed by atoms with van der Waals surface area (Å²) in [5.41, 5.74) is 1.68. The Morgan fingerprint density at radius 2 is 0.794 bits per heavy atom. The van der Waals surface area contributed by atoms with Crippen molar-refractivity contribution in [2.75, 3.05) is 26.4 Å². The van der Waals surface area contributed by atoms with Gasteiger partial charge in [0.2, 0.25) is 6.29 Å². The molecule has 0 spiro atoms. The zero-order chi connectivity index (χ0) is 50.6. The van der Waals surface area contributed by atoms with Crippen molar-refractivity contribution in [3.05, 3.63) is 83.1 Å². The summed E-state index contributed by atoms with van der Waals surface area (Å²) < 4.78 is 42.4. The van der Waals surface area contributed by atoms with Gasteiger partial charge in [-0.25, -0.2) is 9.59 Å². The average Bonchev–Trinajstić information content (AvgIpc) is 3.31. The molecule has 4 aliphatic rings. The van der Waals surface area contributed by atoms with Gasteiger partial charge in [-0.1, -0.05) is 71.9 Å². The summed E-state index contributed by atoms with van der Waals surface area (Å²) in [6, 6.07) is 0. The van der Waals surface area contributed by atoms with Gasteiger partial charge in [-0.2, -0.15) is 0 Å². The number of rotatable bonds is 18. The third-order valence-electron chi connectivity index (χ3n) is 11.2. The number of allylic oxidation sites excluding steroid dienone is 12. The van der Waals surface area contributed by atoms with Crippen LogP contribution in [-0.2, 0) is 47.5 Å². The summed E-state index contributed by atoms with van der Waals surface area (Å²) in [5, 5.41) is 142. The van der Waals surface area contributed by atoms with Crippen molar-refractivity contribution in [2.45, 2.75) is 151 Å². The highest BCUT2D eigenvalue weighted by atomic mass is 16.7. The van der Waals surface area contributed by atoms with E-state index in [1.807, 2.05) is 0 Å². The smallest absolute Gasteiger partial charge is 0.336 e. The van der Waals surface area contributed by atoms with Gasteiger partial charge in [0.05, 0.1) is 26.4 Å². The fourth-order valence-corrected chi connectivity index (χ4v) is 6.89. The number of hydrogen-bond donors (Lipinski definition) is 14. The van der Waals surface area contributed by atoms with Gasteiger partial charge < -0.3 is 109 Å². The molecular weight excluding hydrogens is 912 g/mol. The maximum atomic E-state index is 12.8. The quantitative estimate of drug-likeness (QED) is 0.0347. The van der Waals surface area contributed by atoms with Crippen LogP contribution in [0, 0.1) is 0 Å². The number of carbonyl (C=O) groups is 2. The first-order valence-electron chi connectivity index (χ1n) is 21.5. The molecule has 0 saturated carbocycles. The van der Waals surface area contributed by atoms with Gasteiger partial charge in [0.15, 0.2) is 25.0 Å². The number of aliphatic hydroxyl groups excluding tert-OH is 14. The molecule has 4 aliphatic heterocycles. The molecule has 14 N–H and O–H groups in total. The van der Waals surface area contributed by atoms with Crippen LogP contribution >= 0.6 is 0 Å². The molecule has 20 unspecified atom stereocenters. The van der Waals surface area contributed by atoms with Gasteiger partial charge in [-0.15, -0.1) is 0 Å². The van der Waals surface area contributed by atoms with Crippen LogP contribution in [-0.4, -0.2) is 233 Å². The van der Waals surface area contributed by atoms with E-state index in [9.17, 15) is 81.1 Å². The van der Waals surface area contributed by atoms with Crippen LogP contribution < -0.4 is 0 Å². The number of esters is 2. The minimum atomic E-state index is -1.91. The Bertz CT molecular complexity index is 1860. The second kappa shape index (κ2) is 26.5. The van der Waals surface area contributed by atoms with Crippen LogP contribution in [0.25, 0.3) is 0 Å². The molecule has 4 rings (SSSR count). The van der Waals surface area contributed by atoms with Gasteiger partial charge in [0.1, 0.15) is 91.6 Å². The summed E-state index contributed by atoms with van der Waals surface area (Å²) in [6.45, 7) is 3.81. The van der Waals surface area contributed by atoms with E-state index < -0.39 is 161 Å². The predicted molar refractivity (Wildman–Crippen MR) is 227 cm³/mol. The van der Waals surface area contributed by atoms with E-state index in [-0.39, 0.29) is 11.1 Å². The molecule has 20 atom stereocenters. The normalized spacial score (nSPS) is 40.3. The molecule has 0 bridgehead atoms. The molecule has 0 aromatic carbocycles. The Labute approximate surface area is 390 Å². The monoisotopic (exact) mass is 976 g/mol. The van der Waals surface area contributed by atoms with Gasteiger partial charge >= 0.3 is 11.9 Å². The lowest BCUT2D eigenvalue weighted by Crippen LogP contribution is -2.62. The SMILES string of the molecule is CC(C=CC=C(C)C(=O)OC1OC(COC2OC(CO)C(O)C(O)C2O)C(O)C(O)C1O)=CC=CC=C(C)C=CC=C(C)C(=O)OC1C(O)OC(COC2OC(CO)C(O)C(O)C2O)C(O)C1O. The Balaban J connectivity index is 1.21. The van der Waals surface area contributed by atoms with Crippen molar-refractivity contribution in [2.24, 2.45) is 0 Å². The standard InChI is InChI=1S/C44H64O24/c1-19(11-7-13-21(3)39(58)67-38-34(54)30(50)25(63-41(38)60)17-61-42-35(55)31(51)27(47)23(15-45)64-42)9-5-6-10-20(2)12-8-14-22(4)40(59)68-44-37(57)33(53)29(49)26(66-44)18-62-43-36(56)32(52)28(48)24(16-46)65-43/h5-14,23-38,41-57,60H,15-18H2,1-4H3. The molecule has 0 aliphatic carbocycles. The molecule has 4 heterocycles. The second-order valence-electron chi connectivity index (χ2n) is 16.5. The molecule has 0 amide bonds. The number of carbonyl (C=O) groups excluding carboxylic acids is 2. The van der Waals surface area contributed by atoms with Crippen LogP contribution in [0.4, 0.5) is 0 Å². The van der Waals surface area contributed by atoms with Crippen LogP contribution in [0.2, 0.25) is 0 Å². The highest BCUT2D eigenvalue weighted by Gasteiger charge is 2.50. The fraction of sp³-hybridized carbons (Fsp3) is 0.636. The maximum absolute atomic E-state index is 12.8. The largest absolute Gasteiger partial charge is 0.451 e. The Kier molecular flexibility index (Phi) is 22.2. The highest BCUT2D eigenvalue weighted by Crippen LogP contribution is 2.28. The molecule has 0 aromatic heterocycles. The molecule has 0 aromatic rings. The molecule has 68 heavy (non-hydrogen) atoms. The van der Waals surface area contributed by atoms with Crippen LogP contribution in [0.5, 0.6) is 0 Å². The molecule has 0 radical (unpaired) electrons. The Hall–Kier alpha value is -3.68. The molecule has 4 fully saturated rings. The maximum Gasteiger partial charge on any atom is 0.336 e. The van der Waals surface area contributed by atoms with Crippen molar-refractivity contribution in [3.8, 4) is 0 Å². The fourth-order valence-electron chi connectivity index (χ4n) is 6.89. The number of ether oxygens (including phenoxy) is 8. The van der Waals surface area contributed by atoms with E-state index in [1.54, 1.807) is 62.5 Å². The Morgan fingerprint density at radius 1 is 0.426 bits per heavy atom. The van der Waals surface area contributed by atoms with E-state index >= 15 is 0 Å². The lowest BCUT2D eigenvalue weighted by Gasteiger charge is -2.42. The summed E-state index contributed by atoms with van der Waals surface area (Å²) in [4.78, 5) is 25.6. The Morgan fingerprint density at radius 3 is 1.24 bits per heavy atom. The van der Waals surface area contributed by atoms with Gasteiger partial charge in [-0.05, 0) is 27.7 Å². The third kappa shape index (κ3) is 14.9. The molecule has 4 saturated heterocycles. The van der Waals surface area contributed by atoms with Crippen molar-refractivity contribution in [3.63, 3.8) is 0 Å². The molecule has 24 heteroatoms. The van der Waals surface area contributed by atoms with Gasteiger partial charge in [-0.3, -0.25) is 0 Å². The van der Waals surface area contributed by atoms with E-state index in [0.29, 0.717) is 0 Å². The molecule has 24 nitrogen and oxygen atoms in total. The van der Waals surface area contributed by atoms with E-state index in [1.165, 1.54) is 26.0 Å². The summed E-state index contributed by atoms with van der Waals surface area (Å²) in [5.74, 6) is -1.87. The first kappa shape index (κ1) is 56.9. The highest BCUT2D eigenvalue weighted by molar-refractivity contribution is 5.88. The summed E-state index contributed by atoms with van der Waals surface area (Å²) in [7, 11) is 0. The summed E-state index contributed by atoms with van der Waals surface area (Å²) >= 11 is 0. The van der Waals surface area contributed by atoms with E-state index in [0.717, 1.165) is 11.1 Å². The third-order valence-corrected chi connectivity index (χ3v) is 11.2. The zero-order valence-electron chi connectivity index (χ0n) is 37.5. The second-order valence-corrected chi connectivity index (χ2v) is 16.5. The lowest BCUT2D eigenvalue weighted by molar-refractivity contribution is -0.326. The predicted octanol–water partition coefficient (Wildman–Crippen LogP) is -5.23. The van der Waals surface area contributed by atoms with Crippen LogP contribution in [0.15, 0.2) is 83.1 Å². The minimum Gasteiger partial charge on any atom is -0.451 e. The van der Waals surface area contributed by atoms with Crippen LogP contribution in [0.1, 0.15) is 27.7 Å². The molecular formula is C44H64O24. The lowest BCUT2D eigenvalue weighted by atomic mass is 9.98. The number of hydrogen-bond acceptors (Lipinski definition) is 24. The van der Waals surface area contributed by atoms with Crippen LogP contribution in [0.3, 0.4) is 0 Å². The van der Waals surface area contributed by atoms with E-state index in [2.05, 4.69) is 0 Å². The molecule has 384 valence electrons. The van der Waals surface area contributed by atoms with Crippen molar-refractivity contribution in [1.82, 2.24) is 0 Å². The average molecular weight is 977 g/mol. The first-order chi connectivity index (χ1) is 32.1. The topological polar surface area (TPSA) is 391 Å². The van der Waals surface area contributed by atoms with E-state index in [4.69, 9.17) is 37.9 Å². The zero-order valence-corrected chi connectivity index (χ0v) is 37.5. The van der Waals surface area contributed by atoms with Gasteiger partial charge in [0, 0.05) is 11.1 Å². The van der Waals surface area contributed by atoms with Gasteiger partial charge in [0.25, 0.3) is 0 Å². The van der Waals surface area contributed by atoms with Crippen molar-refractivity contribution in [1.29, 1.82) is 0 Å². The number of aliphatic hydroxyl groups is 14. The summed E-state index contributed by atoms with van der Waals surface area (Å²) in [6.07, 6.45) is -16.8. The van der Waals surface area contributed by atoms with Crippen molar-refractivity contribution < 1.29 is 119 Å². The first-order valence-corrected chi connectivity index (χ1v) is 21.5.